The van der Waals surface area contributed by atoms with E-state index in [0.29, 0.717) is 11.6 Å². The van der Waals surface area contributed by atoms with Gasteiger partial charge in [0.15, 0.2) is 0 Å². The van der Waals surface area contributed by atoms with E-state index in [1.54, 1.807) is 12.1 Å². The fraction of sp³-hybridized carbons (Fsp3) is 0.500. The topological polar surface area (TPSA) is 49.3 Å². The molecule has 1 aromatic rings. The smallest absolute Gasteiger partial charge is 0.337 e. The molecule has 0 saturated carbocycles. The molecule has 1 fully saturated rings. The Bertz CT molecular complexity index is 445. The zero-order chi connectivity index (χ0) is 13.2. The van der Waals surface area contributed by atoms with Gasteiger partial charge in [0.1, 0.15) is 0 Å². The molecule has 2 N–H and O–H groups in total. The summed E-state index contributed by atoms with van der Waals surface area (Å²) in [6.45, 7) is 4.49. The molecule has 1 aliphatic rings. The van der Waals surface area contributed by atoms with Crippen LogP contribution in [-0.2, 0) is 0 Å². The van der Waals surface area contributed by atoms with Crippen molar-refractivity contribution < 1.29 is 9.90 Å². The van der Waals surface area contributed by atoms with Crippen LogP contribution in [0.25, 0.3) is 0 Å². The Balaban J connectivity index is 2.21. The number of benzene rings is 1. The van der Waals surface area contributed by atoms with E-state index in [9.17, 15) is 9.90 Å². The normalized spacial score (nSPS) is 22.4. The second-order valence-corrected chi connectivity index (χ2v) is 6.51. The van der Waals surface area contributed by atoms with Crippen LogP contribution < -0.4 is 5.32 Å². The lowest BCUT2D eigenvalue weighted by atomic mass is 9.82. The fourth-order valence-corrected chi connectivity index (χ4v) is 3.76. The van der Waals surface area contributed by atoms with Crippen LogP contribution >= 0.6 is 11.8 Å². The van der Waals surface area contributed by atoms with Gasteiger partial charge in [-0.25, -0.2) is 4.79 Å². The van der Waals surface area contributed by atoms with Gasteiger partial charge in [0, 0.05) is 17.5 Å². The SMILES string of the molecule is CC1(C)CCSCC1Nc1ccccc1C(=O)O. The van der Waals surface area contributed by atoms with Crippen molar-refractivity contribution in [1.82, 2.24) is 0 Å². The molecule has 3 nitrogen and oxygen atoms in total. The van der Waals surface area contributed by atoms with Crippen molar-refractivity contribution in [3.8, 4) is 0 Å². The predicted molar refractivity (Wildman–Crippen MR) is 76.5 cm³/mol. The number of hydrogen-bond donors (Lipinski definition) is 2. The standard InChI is InChI=1S/C14H19NO2S/c1-14(2)7-8-18-9-12(14)15-11-6-4-3-5-10(11)13(16)17/h3-6,12,15H,7-9H2,1-2H3,(H,16,17). The van der Waals surface area contributed by atoms with Crippen LogP contribution in [0.15, 0.2) is 24.3 Å². The number of carboxylic acid groups (broad SMARTS) is 1. The lowest BCUT2D eigenvalue weighted by Crippen LogP contribution is -2.42. The van der Waals surface area contributed by atoms with Gasteiger partial charge in [0.25, 0.3) is 0 Å². The molecular weight excluding hydrogens is 246 g/mol. The summed E-state index contributed by atoms with van der Waals surface area (Å²) in [5, 5.41) is 12.6. The van der Waals surface area contributed by atoms with Gasteiger partial charge in [-0.15, -0.1) is 0 Å². The van der Waals surface area contributed by atoms with Gasteiger partial charge < -0.3 is 10.4 Å². The molecule has 0 aliphatic carbocycles. The third-order valence-electron chi connectivity index (χ3n) is 3.61. The molecule has 2 rings (SSSR count). The zero-order valence-corrected chi connectivity index (χ0v) is 11.6. The van der Waals surface area contributed by atoms with Crippen molar-refractivity contribution in [2.75, 3.05) is 16.8 Å². The molecule has 1 unspecified atom stereocenters. The number of thioether (sulfide) groups is 1. The number of para-hydroxylation sites is 1. The van der Waals surface area contributed by atoms with Gasteiger partial charge in [-0.1, -0.05) is 26.0 Å². The number of carboxylic acids is 1. The number of carbonyl (C=O) groups is 1. The number of hydrogen-bond acceptors (Lipinski definition) is 3. The van der Waals surface area contributed by atoms with E-state index in [2.05, 4.69) is 19.2 Å². The summed E-state index contributed by atoms with van der Waals surface area (Å²) in [6, 6.07) is 7.44. The van der Waals surface area contributed by atoms with E-state index in [-0.39, 0.29) is 5.41 Å². The van der Waals surface area contributed by atoms with E-state index < -0.39 is 5.97 Å². The minimum absolute atomic E-state index is 0.205. The van der Waals surface area contributed by atoms with Gasteiger partial charge in [-0.2, -0.15) is 11.8 Å². The summed E-state index contributed by atoms with van der Waals surface area (Å²) < 4.78 is 0. The quantitative estimate of drug-likeness (QED) is 0.880. The van der Waals surface area contributed by atoms with Crippen molar-refractivity contribution in [2.45, 2.75) is 26.3 Å². The Morgan fingerprint density at radius 1 is 1.44 bits per heavy atom. The molecule has 1 aliphatic heterocycles. The molecule has 1 heterocycles. The van der Waals surface area contributed by atoms with Crippen molar-refractivity contribution in [2.24, 2.45) is 5.41 Å². The fourth-order valence-electron chi connectivity index (χ4n) is 2.16. The molecule has 98 valence electrons. The molecule has 0 aromatic heterocycles. The third-order valence-corrected chi connectivity index (χ3v) is 4.67. The first-order valence-electron chi connectivity index (χ1n) is 6.17. The van der Waals surface area contributed by atoms with Crippen molar-refractivity contribution in [1.29, 1.82) is 0 Å². The first kappa shape index (κ1) is 13.3. The summed E-state index contributed by atoms with van der Waals surface area (Å²) in [7, 11) is 0. The predicted octanol–water partition coefficient (Wildman–Crippen LogP) is 3.33. The highest BCUT2D eigenvalue weighted by molar-refractivity contribution is 7.99. The largest absolute Gasteiger partial charge is 0.478 e. The van der Waals surface area contributed by atoms with Gasteiger partial charge >= 0.3 is 5.97 Å². The maximum Gasteiger partial charge on any atom is 0.337 e. The highest BCUT2D eigenvalue weighted by atomic mass is 32.2. The van der Waals surface area contributed by atoms with Gasteiger partial charge in [-0.3, -0.25) is 0 Å². The monoisotopic (exact) mass is 265 g/mol. The molecule has 0 radical (unpaired) electrons. The second kappa shape index (κ2) is 5.22. The van der Waals surface area contributed by atoms with E-state index in [4.69, 9.17) is 0 Å². The average molecular weight is 265 g/mol. The first-order chi connectivity index (χ1) is 8.50. The zero-order valence-electron chi connectivity index (χ0n) is 10.8. The minimum Gasteiger partial charge on any atom is -0.478 e. The van der Waals surface area contributed by atoms with Gasteiger partial charge in [0.05, 0.1) is 5.56 Å². The Hall–Kier alpha value is -1.16. The van der Waals surface area contributed by atoms with Crippen LogP contribution in [0.4, 0.5) is 5.69 Å². The molecule has 0 bridgehead atoms. The van der Waals surface area contributed by atoms with Crippen LogP contribution in [0, 0.1) is 5.41 Å². The number of nitrogens with one attached hydrogen (secondary N) is 1. The van der Waals surface area contributed by atoms with E-state index in [1.807, 2.05) is 23.9 Å². The Kier molecular flexibility index (Phi) is 3.85. The van der Waals surface area contributed by atoms with Crippen LogP contribution in [0.2, 0.25) is 0 Å². The van der Waals surface area contributed by atoms with Crippen LogP contribution in [-0.4, -0.2) is 28.6 Å². The van der Waals surface area contributed by atoms with Crippen molar-refractivity contribution in [3.63, 3.8) is 0 Å². The molecule has 1 saturated heterocycles. The molecule has 18 heavy (non-hydrogen) atoms. The third kappa shape index (κ3) is 2.80. The van der Waals surface area contributed by atoms with Crippen LogP contribution in [0.1, 0.15) is 30.6 Å². The maximum atomic E-state index is 11.2. The summed E-state index contributed by atoms with van der Waals surface area (Å²) >= 11 is 1.93. The van der Waals surface area contributed by atoms with Crippen molar-refractivity contribution in [3.05, 3.63) is 29.8 Å². The Labute approximate surface area is 112 Å². The van der Waals surface area contributed by atoms with E-state index >= 15 is 0 Å². The highest BCUT2D eigenvalue weighted by Gasteiger charge is 2.33. The lowest BCUT2D eigenvalue weighted by Gasteiger charge is -2.39. The first-order valence-corrected chi connectivity index (χ1v) is 7.33. The summed E-state index contributed by atoms with van der Waals surface area (Å²) in [5.74, 6) is 1.34. The Morgan fingerprint density at radius 3 is 2.83 bits per heavy atom. The summed E-state index contributed by atoms with van der Waals surface area (Å²) in [5.41, 5.74) is 1.28. The van der Waals surface area contributed by atoms with E-state index in [1.165, 1.54) is 5.75 Å². The minimum atomic E-state index is -0.876. The molecule has 0 spiro atoms. The van der Waals surface area contributed by atoms with E-state index in [0.717, 1.165) is 17.9 Å². The lowest BCUT2D eigenvalue weighted by molar-refractivity contribution is 0.0697. The summed E-state index contributed by atoms with van der Waals surface area (Å²) in [4.78, 5) is 11.2. The molecular formula is C14H19NO2S. The molecule has 1 atom stereocenters. The molecule has 4 heteroatoms. The second-order valence-electron chi connectivity index (χ2n) is 5.36. The molecule has 1 aromatic carbocycles. The number of anilines is 1. The van der Waals surface area contributed by atoms with Crippen molar-refractivity contribution >= 4 is 23.4 Å². The van der Waals surface area contributed by atoms with Gasteiger partial charge in [-0.05, 0) is 29.7 Å². The van der Waals surface area contributed by atoms with Crippen LogP contribution in [0.5, 0.6) is 0 Å². The highest BCUT2D eigenvalue weighted by Crippen LogP contribution is 2.36. The summed E-state index contributed by atoms with van der Waals surface area (Å²) in [6.07, 6.45) is 1.16. The maximum absolute atomic E-state index is 11.2. The average Bonchev–Trinajstić information content (AvgIpc) is 2.32. The van der Waals surface area contributed by atoms with Gasteiger partial charge in [0.2, 0.25) is 0 Å². The number of rotatable bonds is 3. The Morgan fingerprint density at radius 2 is 2.17 bits per heavy atom. The molecule has 0 amide bonds. The number of aromatic carboxylic acids is 1. The van der Waals surface area contributed by atoms with Crippen LogP contribution in [0.3, 0.4) is 0 Å².